The molecule has 6 heteroatoms. The molecule has 0 bridgehead atoms. The number of esters is 1. The third kappa shape index (κ3) is 5.07. The zero-order valence-electron chi connectivity index (χ0n) is 15.7. The zero-order chi connectivity index (χ0) is 19.1. The van der Waals surface area contributed by atoms with E-state index in [0.29, 0.717) is 17.9 Å². The van der Waals surface area contributed by atoms with E-state index >= 15 is 0 Å². The van der Waals surface area contributed by atoms with Crippen molar-refractivity contribution in [3.05, 3.63) is 29.8 Å². The number of benzene rings is 1. The van der Waals surface area contributed by atoms with Crippen LogP contribution in [0.15, 0.2) is 24.3 Å². The minimum atomic E-state index is -0.571. The van der Waals surface area contributed by atoms with Crippen LogP contribution in [0.1, 0.15) is 56.8 Å². The van der Waals surface area contributed by atoms with Crippen molar-refractivity contribution in [2.45, 2.75) is 52.5 Å². The molecular formula is C20H28N2O4. The number of carbonyl (C=O) groups is 3. The van der Waals surface area contributed by atoms with Gasteiger partial charge in [0.25, 0.3) is 0 Å². The first-order valence-electron chi connectivity index (χ1n) is 9.34. The summed E-state index contributed by atoms with van der Waals surface area (Å²) in [6.07, 6.45) is 3.65. The number of rotatable bonds is 8. The molecule has 2 rings (SSSR count). The van der Waals surface area contributed by atoms with E-state index in [-0.39, 0.29) is 23.7 Å². The van der Waals surface area contributed by atoms with Crippen molar-refractivity contribution in [3.8, 4) is 0 Å². The highest BCUT2D eigenvalue weighted by atomic mass is 16.5. The first-order chi connectivity index (χ1) is 12.5. The van der Waals surface area contributed by atoms with Gasteiger partial charge in [0, 0.05) is 11.6 Å². The monoisotopic (exact) mass is 360 g/mol. The van der Waals surface area contributed by atoms with Crippen molar-refractivity contribution >= 4 is 23.5 Å². The molecule has 0 aromatic heterocycles. The molecule has 1 aromatic carbocycles. The molecule has 0 saturated heterocycles. The minimum absolute atomic E-state index is 0.0258. The molecule has 2 atom stereocenters. The molecule has 1 aliphatic carbocycles. The van der Waals surface area contributed by atoms with Gasteiger partial charge in [0.05, 0.1) is 12.2 Å². The van der Waals surface area contributed by atoms with E-state index in [2.05, 4.69) is 10.6 Å². The second-order valence-electron chi connectivity index (χ2n) is 6.79. The summed E-state index contributed by atoms with van der Waals surface area (Å²) in [5.74, 6) is -0.600. The van der Waals surface area contributed by atoms with Crippen LogP contribution in [0, 0.1) is 11.8 Å². The standard InChI is InChI=1S/C20H28N2O4/c1-4-13(3)17(22-18(23)14-7-6-8-14)19(24)21-16-11-9-15(10-12-16)20(25)26-5-2/h9-14,17H,4-8H2,1-3H3,(H,21,24)(H,22,23)/t13-,17-/m0/s1. The maximum Gasteiger partial charge on any atom is 0.338 e. The van der Waals surface area contributed by atoms with E-state index in [9.17, 15) is 14.4 Å². The van der Waals surface area contributed by atoms with Gasteiger partial charge in [0.1, 0.15) is 6.04 Å². The number of anilines is 1. The van der Waals surface area contributed by atoms with Crippen molar-refractivity contribution in [1.82, 2.24) is 5.32 Å². The van der Waals surface area contributed by atoms with Crippen LogP contribution < -0.4 is 10.6 Å². The smallest absolute Gasteiger partial charge is 0.338 e. The maximum absolute atomic E-state index is 12.7. The number of amides is 2. The number of ether oxygens (including phenoxy) is 1. The van der Waals surface area contributed by atoms with Crippen molar-refractivity contribution < 1.29 is 19.1 Å². The van der Waals surface area contributed by atoms with Gasteiger partial charge >= 0.3 is 5.97 Å². The summed E-state index contributed by atoms with van der Waals surface area (Å²) in [6.45, 7) is 6.01. The molecule has 1 aliphatic rings. The van der Waals surface area contributed by atoms with Crippen molar-refractivity contribution in [2.24, 2.45) is 11.8 Å². The topological polar surface area (TPSA) is 84.5 Å². The van der Waals surface area contributed by atoms with Crippen molar-refractivity contribution in [1.29, 1.82) is 0 Å². The van der Waals surface area contributed by atoms with Gasteiger partial charge in [-0.1, -0.05) is 26.7 Å². The maximum atomic E-state index is 12.7. The average molecular weight is 360 g/mol. The quantitative estimate of drug-likeness (QED) is 0.698. The van der Waals surface area contributed by atoms with Crippen LogP contribution in [0.25, 0.3) is 0 Å². The Morgan fingerprint density at radius 1 is 1.15 bits per heavy atom. The second kappa shape index (κ2) is 9.36. The van der Waals surface area contributed by atoms with E-state index in [1.165, 1.54) is 0 Å². The Hall–Kier alpha value is -2.37. The molecule has 0 unspecified atom stereocenters. The van der Waals surface area contributed by atoms with Gasteiger partial charge in [-0.15, -0.1) is 0 Å². The van der Waals surface area contributed by atoms with Gasteiger partial charge in [-0.2, -0.15) is 0 Å². The molecule has 1 saturated carbocycles. The Labute approximate surface area is 154 Å². The van der Waals surface area contributed by atoms with Crippen LogP contribution in [-0.2, 0) is 14.3 Å². The third-order valence-corrected chi connectivity index (χ3v) is 4.93. The van der Waals surface area contributed by atoms with Gasteiger partial charge in [-0.3, -0.25) is 9.59 Å². The van der Waals surface area contributed by atoms with Crippen LogP contribution in [0.4, 0.5) is 5.69 Å². The van der Waals surface area contributed by atoms with Crippen LogP contribution in [0.3, 0.4) is 0 Å². The SMILES string of the molecule is CCOC(=O)c1ccc(NC(=O)[C@@H](NC(=O)C2CCC2)[C@@H](C)CC)cc1. The number of nitrogens with one attached hydrogen (secondary N) is 2. The molecule has 0 heterocycles. The molecule has 2 N–H and O–H groups in total. The first kappa shape index (κ1) is 19.9. The lowest BCUT2D eigenvalue weighted by Crippen LogP contribution is -2.50. The van der Waals surface area contributed by atoms with E-state index in [0.717, 1.165) is 25.7 Å². The van der Waals surface area contributed by atoms with Crippen LogP contribution in [0.5, 0.6) is 0 Å². The van der Waals surface area contributed by atoms with Crippen LogP contribution in [0.2, 0.25) is 0 Å². The Kier molecular flexibility index (Phi) is 7.18. The lowest BCUT2D eigenvalue weighted by atomic mass is 9.84. The summed E-state index contributed by atoms with van der Waals surface area (Å²) in [6, 6.07) is 5.97. The summed E-state index contributed by atoms with van der Waals surface area (Å²) in [5.41, 5.74) is 1.01. The molecule has 0 aliphatic heterocycles. The molecule has 1 aromatic rings. The Morgan fingerprint density at radius 3 is 2.31 bits per heavy atom. The second-order valence-corrected chi connectivity index (χ2v) is 6.79. The first-order valence-corrected chi connectivity index (χ1v) is 9.34. The van der Waals surface area contributed by atoms with Crippen molar-refractivity contribution in [3.63, 3.8) is 0 Å². The number of hydrogen-bond acceptors (Lipinski definition) is 4. The molecule has 2 amide bonds. The third-order valence-electron chi connectivity index (χ3n) is 4.93. The Balaban J connectivity index is 2.01. The molecule has 1 fully saturated rings. The average Bonchev–Trinajstić information content (AvgIpc) is 2.58. The predicted molar refractivity (Wildman–Crippen MR) is 99.8 cm³/mol. The summed E-state index contributed by atoms with van der Waals surface area (Å²) < 4.78 is 4.94. The van der Waals surface area contributed by atoms with E-state index in [1.54, 1.807) is 31.2 Å². The van der Waals surface area contributed by atoms with Crippen LogP contribution >= 0.6 is 0 Å². The molecule has 26 heavy (non-hydrogen) atoms. The predicted octanol–water partition coefficient (Wildman–Crippen LogP) is 3.13. The normalized spacial score (nSPS) is 16.1. The molecule has 0 radical (unpaired) electrons. The highest BCUT2D eigenvalue weighted by molar-refractivity contribution is 5.98. The lowest BCUT2D eigenvalue weighted by molar-refractivity contribution is -0.132. The summed E-state index contributed by atoms with van der Waals surface area (Å²) >= 11 is 0. The van der Waals surface area contributed by atoms with E-state index in [4.69, 9.17) is 4.74 Å². The van der Waals surface area contributed by atoms with Crippen molar-refractivity contribution in [2.75, 3.05) is 11.9 Å². The van der Waals surface area contributed by atoms with E-state index in [1.807, 2.05) is 13.8 Å². The number of carbonyl (C=O) groups excluding carboxylic acids is 3. The summed E-state index contributed by atoms with van der Waals surface area (Å²) in [4.78, 5) is 36.6. The number of hydrogen-bond donors (Lipinski definition) is 2. The lowest BCUT2D eigenvalue weighted by Gasteiger charge is -2.29. The fraction of sp³-hybridized carbons (Fsp3) is 0.550. The fourth-order valence-corrected chi connectivity index (χ4v) is 2.77. The van der Waals surface area contributed by atoms with Gasteiger partial charge in [0.15, 0.2) is 0 Å². The van der Waals surface area contributed by atoms with Gasteiger partial charge in [-0.25, -0.2) is 4.79 Å². The fourth-order valence-electron chi connectivity index (χ4n) is 2.77. The molecule has 142 valence electrons. The van der Waals surface area contributed by atoms with E-state index < -0.39 is 12.0 Å². The summed E-state index contributed by atoms with van der Waals surface area (Å²) in [7, 11) is 0. The van der Waals surface area contributed by atoms with Gasteiger partial charge in [-0.05, 0) is 49.9 Å². The van der Waals surface area contributed by atoms with Gasteiger partial charge in [0.2, 0.25) is 11.8 Å². The molecule has 0 spiro atoms. The molecule has 6 nitrogen and oxygen atoms in total. The molecular weight excluding hydrogens is 332 g/mol. The zero-order valence-corrected chi connectivity index (χ0v) is 15.7. The highest BCUT2D eigenvalue weighted by Crippen LogP contribution is 2.27. The Bertz CT molecular complexity index is 638. The highest BCUT2D eigenvalue weighted by Gasteiger charge is 2.31. The Morgan fingerprint density at radius 2 is 1.81 bits per heavy atom. The largest absolute Gasteiger partial charge is 0.462 e. The minimum Gasteiger partial charge on any atom is -0.462 e. The van der Waals surface area contributed by atoms with Crippen LogP contribution in [-0.4, -0.2) is 30.4 Å². The summed E-state index contributed by atoms with van der Waals surface area (Å²) in [5, 5.41) is 5.74. The van der Waals surface area contributed by atoms with Gasteiger partial charge < -0.3 is 15.4 Å².